The minimum Gasteiger partial charge on any atom is -0.348 e. The van der Waals surface area contributed by atoms with Crippen molar-refractivity contribution in [1.82, 2.24) is 5.32 Å². The summed E-state index contributed by atoms with van der Waals surface area (Å²) in [5, 5.41) is 5.80. The quantitative estimate of drug-likeness (QED) is 0.525. The van der Waals surface area contributed by atoms with Gasteiger partial charge in [-0.1, -0.05) is 60.6 Å². The number of nitrogens with one attached hydrogen (secondary N) is 2. The van der Waals surface area contributed by atoms with Gasteiger partial charge in [0.15, 0.2) is 0 Å². The Labute approximate surface area is 182 Å². The summed E-state index contributed by atoms with van der Waals surface area (Å²) in [6.07, 6.45) is 0.992. The highest BCUT2D eigenvalue weighted by molar-refractivity contribution is 7.99. The highest BCUT2D eigenvalue weighted by Crippen LogP contribution is 2.34. The van der Waals surface area contributed by atoms with Crippen LogP contribution in [0.15, 0.2) is 76.5 Å². The zero-order valence-corrected chi connectivity index (χ0v) is 18.3. The monoisotopic (exact) mass is 418 g/mol. The van der Waals surface area contributed by atoms with Crippen LogP contribution in [0.1, 0.15) is 40.9 Å². The zero-order chi connectivity index (χ0) is 21.5. The first-order valence-electron chi connectivity index (χ1n) is 9.97. The predicted molar refractivity (Wildman–Crippen MR) is 123 cm³/mol. The summed E-state index contributed by atoms with van der Waals surface area (Å²) in [4.78, 5) is 26.3. The second-order valence-corrected chi connectivity index (χ2v) is 8.28. The molecule has 2 N–H and O–H groups in total. The Balaban J connectivity index is 1.74. The van der Waals surface area contributed by atoms with Crippen molar-refractivity contribution in [2.45, 2.75) is 43.5 Å². The molecule has 0 saturated heterocycles. The van der Waals surface area contributed by atoms with Crippen LogP contribution in [0.25, 0.3) is 0 Å². The molecule has 0 aromatic heterocycles. The van der Waals surface area contributed by atoms with Crippen LogP contribution in [0.3, 0.4) is 0 Å². The van der Waals surface area contributed by atoms with E-state index in [2.05, 4.69) is 41.8 Å². The molecule has 0 heterocycles. The molecule has 0 unspecified atom stereocenters. The van der Waals surface area contributed by atoms with Crippen LogP contribution in [0.5, 0.6) is 0 Å². The van der Waals surface area contributed by atoms with Gasteiger partial charge in [0.05, 0.1) is 5.69 Å². The third kappa shape index (κ3) is 5.97. The molecule has 0 atom stereocenters. The molecule has 0 saturated carbocycles. The average molecular weight is 419 g/mol. The molecule has 0 aliphatic carbocycles. The van der Waals surface area contributed by atoms with Crippen LogP contribution < -0.4 is 10.6 Å². The third-order valence-corrected chi connectivity index (χ3v) is 5.77. The Morgan fingerprint density at radius 2 is 1.57 bits per heavy atom. The van der Waals surface area contributed by atoms with Gasteiger partial charge in [0, 0.05) is 28.8 Å². The van der Waals surface area contributed by atoms with E-state index >= 15 is 0 Å². The lowest BCUT2D eigenvalue weighted by Crippen LogP contribution is -2.23. The molecule has 154 valence electrons. The second kappa shape index (κ2) is 10.1. The molecule has 4 nitrogen and oxygen atoms in total. The molecule has 2 amide bonds. The molecule has 0 aliphatic heterocycles. The van der Waals surface area contributed by atoms with Crippen LogP contribution in [0.4, 0.5) is 5.69 Å². The Hall–Kier alpha value is -3.05. The van der Waals surface area contributed by atoms with Crippen molar-refractivity contribution in [2.75, 3.05) is 5.32 Å². The topological polar surface area (TPSA) is 58.2 Å². The number of hydrogen-bond acceptors (Lipinski definition) is 3. The third-order valence-electron chi connectivity index (χ3n) is 4.69. The largest absolute Gasteiger partial charge is 0.348 e. The van der Waals surface area contributed by atoms with Gasteiger partial charge < -0.3 is 10.6 Å². The molecular weight excluding hydrogens is 392 g/mol. The van der Waals surface area contributed by atoms with Crippen molar-refractivity contribution in [2.24, 2.45) is 0 Å². The second-order valence-electron chi connectivity index (χ2n) is 7.16. The summed E-state index contributed by atoms with van der Waals surface area (Å²) >= 11 is 1.55. The number of amides is 2. The van der Waals surface area contributed by atoms with E-state index in [0.717, 1.165) is 21.8 Å². The molecule has 3 aromatic carbocycles. The number of carbonyl (C=O) groups is 2. The summed E-state index contributed by atoms with van der Waals surface area (Å²) in [5.74, 6) is -0.345. The molecule has 0 spiro atoms. The van der Waals surface area contributed by atoms with Crippen LogP contribution in [-0.2, 0) is 17.8 Å². The Kier molecular flexibility index (Phi) is 7.31. The number of benzene rings is 3. The van der Waals surface area contributed by atoms with E-state index in [0.29, 0.717) is 17.8 Å². The van der Waals surface area contributed by atoms with Gasteiger partial charge in [0.25, 0.3) is 5.91 Å². The van der Waals surface area contributed by atoms with Crippen molar-refractivity contribution in [3.63, 3.8) is 0 Å². The smallest absolute Gasteiger partial charge is 0.251 e. The fraction of sp³-hybridized carbons (Fsp3) is 0.200. The molecule has 0 aliphatic rings. The lowest BCUT2D eigenvalue weighted by molar-refractivity contribution is -0.114. The molecule has 0 bridgehead atoms. The fourth-order valence-corrected chi connectivity index (χ4v) is 3.84. The SMILES string of the molecule is CCc1ccc(CNC(=O)c2ccc(Sc3ccc(C)cc3)c(NC(C)=O)c2)cc1. The average Bonchev–Trinajstić information content (AvgIpc) is 2.74. The maximum absolute atomic E-state index is 12.7. The standard InChI is InChI=1S/C25H26N2O2S/c1-4-19-7-9-20(10-8-19)16-26-25(29)21-11-14-24(23(15-21)27-18(3)28)30-22-12-5-17(2)6-13-22/h5-15H,4,16H2,1-3H3,(H,26,29)(H,27,28). The summed E-state index contributed by atoms with van der Waals surface area (Å²) in [6, 6.07) is 21.8. The van der Waals surface area contributed by atoms with E-state index in [1.165, 1.54) is 18.1 Å². The van der Waals surface area contributed by atoms with Gasteiger partial charge in [-0.05, 0) is 54.8 Å². The molecule has 30 heavy (non-hydrogen) atoms. The predicted octanol–water partition coefficient (Wildman–Crippen LogP) is 5.60. The first-order chi connectivity index (χ1) is 14.4. The van der Waals surface area contributed by atoms with E-state index in [-0.39, 0.29) is 11.8 Å². The zero-order valence-electron chi connectivity index (χ0n) is 17.5. The number of aryl methyl sites for hydroxylation is 2. The number of hydrogen-bond donors (Lipinski definition) is 2. The van der Waals surface area contributed by atoms with Gasteiger partial charge in [0.2, 0.25) is 5.91 Å². The van der Waals surface area contributed by atoms with Gasteiger partial charge in [-0.3, -0.25) is 9.59 Å². The molecule has 0 fully saturated rings. The number of rotatable bonds is 7. The van der Waals surface area contributed by atoms with Gasteiger partial charge in [-0.15, -0.1) is 0 Å². The molecule has 0 radical (unpaired) electrons. The first kappa shape index (κ1) is 21.7. The minimum absolute atomic E-state index is 0.172. The van der Waals surface area contributed by atoms with Gasteiger partial charge in [-0.25, -0.2) is 0 Å². The Bertz CT molecular complexity index is 1030. The van der Waals surface area contributed by atoms with Gasteiger partial charge >= 0.3 is 0 Å². The first-order valence-corrected chi connectivity index (χ1v) is 10.8. The molecule has 5 heteroatoms. The lowest BCUT2D eigenvalue weighted by Gasteiger charge is -2.13. The molecule has 3 aromatic rings. The van der Waals surface area contributed by atoms with Gasteiger partial charge in [-0.2, -0.15) is 0 Å². The van der Waals surface area contributed by atoms with Crippen LogP contribution in [-0.4, -0.2) is 11.8 Å². The van der Waals surface area contributed by atoms with E-state index < -0.39 is 0 Å². The normalized spacial score (nSPS) is 10.5. The van der Waals surface area contributed by atoms with E-state index in [1.807, 2.05) is 37.3 Å². The minimum atomic E-state index is -0.173. The fourth-order valence-electron chi connectivity index (χ4n) is 2.96. The van der Waals surface area contributed by atoms with Crippen LogP contribution in [0, 0.1) is 6.92 Å². The highest BCUT2D eigenvalue weighted by Gasteiger charge is 2.12. The van der Waals surface area contributed by atoms with Crippen LogP contribution >= 0.6 is 11.8 Å². The summed E-state index contributed by atoms with van der Waals surface area (Å²) in [6.45, 7) is 6.08. The Morgan fingerprint density at radius 3 is 2.20 bits per heavy atom. The molecular formula is C25H26N2O2S. The van der Waals surface area contributed by atoms with Crippen molar-refractivity contribution in [3.05, 3.63) is 89.0 Å². The maximum Gasteiger partial charge on any atom is 0.251 e. The van der Waals surface area contributed by atoms with Crippen molar-refractivity contribution in [1.29, 1.82) is 0 Å². The van der Waals surface area contributed by atoms with Crippen LogP contribution in [0.2, 0.25) is 0 Å². The van der Waals surface area contributed by atoms with Crippen molar-refractivity contribution < 1.29 is 9.59 Å². The van der Waals surface area contributed by atoms with Crippen molar-refractivity contribution in [3.8, 4) is 0 Å². The van der Waals surface area contributed by atoms with Gasteiger partial charge in [0.1, 0.15) is 0 Å². The van der Waals surface area contributed by atoms with E-state index in [4.69, 9.17) is 0 Å². The maximum atomic E-state index is 12.7. The molecule has 3 rings (SSSR count). The summed E-state index contributed by atoms with van der Waals surface area (Å²) in [7, 11) is 0. The number of anilines is 1. The van der Waals surface area contributed by atoms with Crippen molar-refractivity contribution >= 4 is 29.3 Å². The number of carbonyl (C=O) groups excluding carboxylic acids is 2. The van der Waals surface area contributed by atoms with E-state index in [9.17, 15) is 9.59 Å². The Morgan fingerprint density at radius 1 is 0.900 bits per heavy atom. The van der Waals surface area contributed by atoms with E-state index in [1.54, 1.807) is 23.9 Å². The highest BCUT2D eigenvalue weighted by atomic mass is 32.2. The lowest BCUT2D eigenvalue weighted by atomic mass is 10.1. The summed E-state index contributed by atoms with van der Waals surface area (Å²) in [5.41, 5.74) is 4.66. The summed E-state index contributed by atoms with van der Waals surface area (Å²) < 4.78 is 0.